The molecule has 5 nitrogen and oxygen atoms in total. The molecule has 1 aromatic carbocycles. The maximum atomic E-state index is 11.6. The first kappa shape index (κ1) is 13.9. The van der Waals surface area contributed by atoms with Crippen molar-refractivity contribution in [2.24, 2.45) is 12.0 Å². The number of hydrogen-bond donors (Lipinski definition) is 1. The molecule has 1 amide bonds. The standard InChI is InChI=1S/C14H11ClN4OS/c1-19-8-9(7-16-19)6-12-13(18-14(20)21-12)17-11-4-2-10(15)3-5-11/h2-8H,1H3,(H,17,18,20). The number of nitrogens with one attached hydrogen (secondary N) is 1. The molecule has 3 rings (SSSR count). The Morgan fingerprint density at radius 1 is 1.38 bits per heavy atom. The third kappa shape index (κ3) is 3.34. The van der Waals surface area contributed by atoms with Gasteiger partial charge >= 0.3 is 0 Å². The van der Waals surface area contributed by atoms with Gasteiger partial charge in [0.2, 0.25) is 0 Å². The van der Waals surface area contributed by atoms with Gasteiger partial charge in [0.1, 0.15) is 5.84 Å². The van der Waals surface area contributed by atoms with Crippen molar-refractivity contribution < 1.29 is 4.79 Å². The summed E-state index contributed by atoms with van der Waals surface area (Å²) in [6.07, 6.45) is 5.48. The third-order valence-electron chi connectivity index (χ3n) is 2.75. The molecule has 1 saturated heterocycles. The predicted octanol–water partition coefficient (Wildman–Crippen LogP) is 3.60. The van der Waals surface area contributed by atoms with E-state index in [0.717, 1.165) is 27.9 Å². The van der Waals surface area contributed by atoms with E-state index in [9.17, 15) is 4.79 Å². The number of aryl methyl sites for hydroxylation is 1. The van der Waals surface area contributed by atoms with Crippen molar-refractivity contribution >= 4 is 46.2 Å². The number of halogens is 1. The zero-order valence-corrected chi connectivity index (χ0v) is 12.6. The quantitative estimate of drug-likeness (QED) is 0.920. The zero-order valence-electron chi connectivity index (χ0n) is 11.1. The second kappa shape index (κ2) is 5.75. The normalized spacial score (nSPS) is 18.5. The average molecular weight is 319 g/mol. The number of hydrogen-bond acceptors (Lipinski definition) is 4. The first-order valence-corrected chi connectivity index (χ1v) is 7.33. The summed E-state index contributed by atoms with van der Waals surface area (Å²) in [5, 5.41) is 7.35. The Hall–Kier alpha value is -2.05. The number of rotatable bonds is 2. The number of aliphatic imine (C=N–C) groups is 1. The Balaban J connectivity index is 1.94. The molecule has 0 aliphatic carbocycles. The SMILES string of the molecule is Cn1cc(C=C2SC(=O)NC2=Nc2ccc(Cl)cc2)cn1. The molecular weight excluding hydrogens is 308 g/mol. The molecule has 1 aliphatic heterocycles. The van der Waals surface area contributed by atoms with Crippen LogP contribution in [0, 0.1) is 0 Å². The maximum absolute atomic E-state index is 11.6. The fourth-order valence-corrected chi connectivity index (χ4v) is 2.69. The molecule has 0 atom stereocenters. The molecule has 106 valence electrons. The van der Waals surface area contributed by atoms with Gasteiger partial charge in [-0.1, -0.05) is 11.6 Å². The fraction of sp³-hybridized carbons (Fsp3) is 0.0714. The van der Waals surface area contributed by atoms with Gasteiger partial charge in [-0.2, -0.15) is 5.10 Å². The first-order chi connectivity index (χ1) is 10.1. The molecule has 1 fully saturated rings. The van der Waals surface area contributed by atoms with E-state index in [1.54, 1.807) is 35.1 Å². The van der Waals surface area contributed by atoms with Crippen LogP contribution < -0.4 is 5.32 Å². The van der Waals surface area contributed by atoms with Gasteiger partial charge in [0.25, 0.3) is 5.24 Å². The van der Waals surface area contributed by atoms with E-state index in [1.165, 1.54) is 0 Å². The molecule has 0 radical (unpaired) electrons. The molecule has 21 heavy (non-hydrogen) atoms. The van der Waals surface area contributed by atoms with E-state index in [1.807, 2.05) is 19.3 Å². The highest BCUT2D eigenvalue weighted by Crippen LogP contribution is 2.28. The van der Waals surface area contributed by atoms with Crippen molar-refractivity contribution in [3.63, 3.8) is 0 Å². The van der Waals surface area contributed by atoms with E-state index >= 15 is 0 Å². The number of thioether (sulfide) groups is 1. The minimum atomic E-state index is -0.141. The molecule has 7 heteroatoms. The maximum Gasteiger partial charge on any atom is 0.289 e. The second-order valence-electron chi connectivity index (χ2n) is 4.41. The number of benzene rings is 1. The monoisotopic (exact) mass is 318 g/mol. The van der Waals surface area contributed by atoms with Crippen LogP contribution in [-0.2, 0) is 7.05 Å². The van der Waals surface area contributed by atoms with Gasteiger partial charge in [-0.3, -0.25) is 9.48 Å². The molecule has 1 N–H and O–H groups in total. The van der Waals surface area contributed by atoms with E-state index in [0.29, 0.717) is 10.9 Å². The van der Waals surface area contributed by atoms with E-state index in [4.69, 9.17) is 11.6 Å². The summed E-state index contributed by atoms with van der Waals surface area (Å²) in [6.45, 7) is 0. The number of nitrogens with zero attached hydrogens (tertiary/aromatic N) is 3. The van der Waals surface area contributed by atoms with Crippen LogP contribution in [0.1, 0.15) is 5.56 Å². The molecular formula is C14H11ClN4OS. The summed E-state index contributed by atoms with van der Waals surface area (Å²) in [5.41, 5.74) is 1.65. The summed E-state index contributed by atoms with van der Waals surface area (Å²) < 4.78 is 1.71. The van der Waals surface area contributed by atoms with E-state index in [2.05, 4.69) is 15.4 Å². The van der Waals surface area contributed by atoms with Gasteiger partial charge in [0.05, 0.1) is 16.8 Å². The molecule has 1 aromatic heterocycles. The molecule has 0 saturated carbocycles. The van der Waals surface area contributed by atoms with Crippen molar-refractivity contribution in [2.75, 3.05) is 0 Å². The predicted molar refractivity (Wildman–Crippen MR) is 85.9 cm³/mol. The number of amides is 1. The first-order valence-electron chi connectivity index (χ1n) is 6.14. The van der Waals surface area contributed by atoms with Gasteiger partial charge in [-0.25, -0.2) is 4.99 Å². The van der Waals surface area contributed by atoms with Crippen LogP contribution >= 0.6 is 23.4 Å². The number of carbonyl (C=O) groups is 1. The van der Waals surface area contributed by atoms with Crippen molar-refractivity contribution in [1.82, 2.24) is 15.1 Å². The highest BCUT2D eigenvalue weighted by Gasteiger charge is 2.23. The van der Waals surface area contributed by atoms with Crippen molar-refractivity contribution in [2.45, 2.75) is 0 Å². The van der Waals surface area contributed by atoms with Crippen LogP contribution in [0.5, 0.6) is 0 Å². The smallest absolute Gasteiger partial charge is 0.289 e. The molecule has 0 bridgehead atoms. The molecule has 0 spiro atoms. The van der Waals surface area contributed by atoms with Gasteiger partial charge < -0.3 is 5.32 Å². The highest BCUT2D eigenvalue weighted by atomic mass is 35.5. The number of aromatic nitrogens is 2. The van der Waals surface area contributed by atoms with Gasteiger partial charge in [-0.05, 0) is 42.1 Å². The summed E-state index contributed by atoms with van der Waals surface area (Å²) >= 11 is 6.96. The minimum absolute atomic E-state index is 0.141. The minimum Gasteiger partial charge on any atom is -0.300 e. The Bertz CT molecular complexity index is 749. The summed E-state index contributed by atoms with van der Waals surface area (Å²) in [6, 6.07) is 7.11. The second-order valence-corrected chi connectivity index (χ2v) is 5.86. The van der Waals surface area contributed by atoms with Gasteiger partial charge in [0.15, 0.2) is 0 Å². The largest absolute Gasteiger partial charge is 0.300 e. The molecule has 2 heterocycles. The fourth-order valence-electron chi connectivity index (χ4n) is 1.82. The summed E-state index contributed by atoms with van der Waals surface area (Å²) in [7, 11) is 1.84. The Kier molecular flexibility index (Phi) is 3.81. The van der Waals surface area contributed by atoms with Gasteiger partial charge in [0, 0.05) is 23.8 Å². The Morgan fingerprint density at radius 2 is 2.14 bits per heavy atom. The zero-order chi connectivity index (χ0) is 14.8. The lowest BCUT2D eigenvalue weighted by atomic mass is 10.3. The van der Waals surface area contributed by atoms with Crippen molar-refractivity contribution in [3.05, 3.63) is 52.2 Å². The molecule has 0 unspecified atom stereocenters. The number of carbonyl (C=O) groups excluding carboxylic acids is 1. The van der Waals surface area contributed by atoms with E-state index in [-0.39, 0.29) is 5.24 Å². The molecule has 2 aromatic rings. The van der Waals surface area contributed by atoms with Crippen LogP contribution in [0.4, 0.5) is 10.5 Å². The lowest BCUT2D eigenvalue weighted by Crippen LogP contribution is -2.18. The van der Waals surface area contributed by atoms with Crippen LogP contribution in [-0.4, -0.2) is 20.9 Å². The molecule has 1 aliphatic rings. The third-order valence-corrected chi connectivity index (χ3v) is 3.82. The summed E-state index contributed by atoms with van der Waals surface area (Å²) in [4.78, 5) is 16.8. The topological polar surface area (TPSA) is 59.3 Å². The number of amidine groups is 1. The lowest BCUT2D eigenvalue weighted by Gasteiger charge is -1.99. The van der Waals surface area contributed by atoms with Crippen LogP contribution in [0.15, 0.2) is 46.6 Å². The Labute approximate surface area is 130 Å². The Morgan fingerprint density at radius 3 is 2.81 bits per heavy atom. The van der Waals surface area contributed by atoms with Gasteiger partial charge in [-0.15, -0.1) is 0 Å². The van der Waals surface area contributed by atoms with Crippen LogP contribution in [0.2, 0.25) is 5.02 Å². The average Bonchev–Trinajstić information content (AvgIpc) is 2.99. The summed E-state index contributed by atoms with van der Waals surface area (Å²) in [5.74, 6) is 0.538. The van der Waals surface area contributed by atoms with Crippen molar-refractivity contribution in [3.8, 4) is 0 Å². The van der Waals surface area contributed by atoms with E-state index < -0.39 is 0 Å². The van der Waals surface area contributed by atoms with Crippen LogP contribution in [0.3, 0.4) is 0 Å². The van der Waals surface area contributed by atoms with Crippen LogP contribution in [0.25, 0.3) is 6.08 Å². The van der Waals surface area contributed by atoms with Crippen molar-refractivity contribution in [1.29, 1.82) is 0 Å². The highest BCUT2D eigenvalue weighted by molar-refractivity contribution is 8.18. The lowest BCUT2D eigenvalue weighted by molar-refractivity contribution is 0.265.